The quantitative estimate of drug-likeness (QED) is 0.569. The average Bonchev–Trinajstić information content (AvgIpc) is 2.47. The molecule has 2 aliphatic heterocycles. The third kappa shape index (κ3) is 3.01. The first-order valence-electron chi connectivity index (χ1n) is 7.12. The molecule has 0 amide bonds. The molecule has 31 heavy (non-hydrogen) atoms. The van der Waals surface area contributed by atoms with Crippen LogP contribution in [0.4, 0.5) is 61.5 Å². The van der Waals surface area contributed by atoms with Gasteiger partial charge in [-0.2, -0.15) is 61.5 Å². The van der Waals surface area contributed by atoms with E-state index in [-0.39, 0.29) is 0 Å². The fraction of sp³-hybridized carbons (Fsp3) is 1.00. The van der Waals surface area contributed by atoms with Gasteiger partial charge in [0, 0.05) is 0 Å². The summed E-state index contributed by atoms with van der Waals surface area (Å²) in [6, 6.07) is 0. The molecule has 2 heterocycles. The van der Waals surface area contributed by atoms with Crippen LogP contribution < -0.4 is 0 Å². The van der Waals surface area contributed by atoms with Gasteiger partial charge in [-0.25, -0.2) is 0 Å². The van der Waals surface area contributed by atoms with E-state index in [4.69, 9.17) is 10.2 Å². The van der Waals surface area contributed by atoms with Crippen molar-refractivity contribution in [2.75, 3.05) is 13.2 Å². The maximum absolute atomic E-state index is 14.2. The summed E-state index contributed by atoms with van der Waals surface area (Å²) in [4.78, 5) is 0. The molecule has 2 saturated heterocycles. The summed E-state index contributed by atoms with van der Waals surface area (Å²) >= 11 is 0. The fourth-order valence-corrected chi connectivity index (χ4v) is 2.73. The highest BCUT2D eigenvalue weighted by molar-refractivity contribution is 5.13. The number of ether oxygens (including phenoxy) is 4. The first kappa shape index (κ1) is 26.0. The predicted molar refractivity (Wildman–Crippen MR) is 58.3 cm³/mol. The highest BCUT2D eigenvalue weighted by Crippen LogP contribution is 2.73. The molecule has 0 bridgehead atoms. The Bertz CT molecular complexity index is 615. The number of halogens is 14. The molecule has 0 atom stereocenters. The molecule has 184 valence electrons. The Morgan fingerprint density at radius 3 is 0.806 bits per heavy atom. The summed E-state index contributed by atoms with van der Waals surface area (Å²) in [5, 5.41) is 17.1. The Balaban J connectivity index is 2.84. The third-order valence-corrected chi connectivity index (χ3v) is 4.20. The minimum absolute atomic E-state index is 2.59. The number of hydrogen-bond donors (Lipinski definition) is 2. The van der Waals surface area contributed by atoms with Gasteiger partial charge < -0.3 is 10.2 Å². The van der Waals surface area contributed by atoms with Crippen molar-refractivity contribution >= 4 is 0 Å². The molecule has 1 spiro atoms. The van der Waals surface area contributed by atoms with Crippen LogP contribution in [0.1, 0.15) is 0 Å². The van der Waals surface area contributed by atoms with E-state index in [1.165, 1.54) is 0 Å². The molecule has 0 radical (unpaired) electrons. The molecule has 2 fully saturated rings. The summed E-state index contributed by atoms with van der Waals surface area (Å²) in [5.41, 5.74) is -7.16. The van der Waals surface area contributed by atoms with E-state index in [0.29, 0.717) is 0 Å². The Morgan fingerprint density at radius 2 is 0.677 bits per heavy atom. The van der Waals surface area contributed by atoms with Gasteiger partial charge in [0.05, 0.1) is 0 Å². The van der Waals surface area contributed by atoms with Gasteiger partial charge in [-0.1, -0.05) is 0 Å². The minimum Gasteiger partial charge on any atom is -0.390 e. The highest BCUT2D eigenvalue weighted by Gasteiger charge is 3.01. The Morgan fingerprint density at radius 1 is 0.484 bits per heavy atom. The second-order valence-corrected chi connectivity index (χ2v) is 6.04. The van der Waals surface area contributed by atoms with Gasteiger partial charge >= 0.3 is 42.2 Å². The lowest BCUT2D eigenvalue weighted by Crippen LogP contribution is -2.85. The zero-order valence-electron chi connectivity index (χ0n) is 13.7. The van der Waals surface area contributed by atoms with Crippen molar-refractivity contribution in [3.63, 3.8) is 0 Å². The summed E-state index contributed by atoms with van der Waals surface area (Å²) in [7, 11) is 0. The van der Waals surface area contributed by atoms with Crippen molar-refractivity contribution in [1.82, 2.24) is 0 Å². The lowest BCUT2D eigenvalue weighted by atomic mass is 9.78. The van der Waals surface area contributed by atoms with E-state index in [9.17, 15) is 61.5 Å². The molecule has 0 aromatic carbocycles. The van der Waals surface area contributed by atoms with Gasteiger partial charge in [0.25, 0.3) is 11.6 Å². The normalized spacial score (nSPS) is 39.5. The first-order chi connectivity index (χ1) is 13.4. The maximum Gasteiger partial charge on any atom is 0.446 e. The highest BCUT2D eigenvalue weighted by atomic mass is 19.4. The standard InChI is InChI=1S/C11H6F14O6/c12-6(13,14)3(1-26)28-8(18,19)5(9(20,21)29-3)10(22,23)30-4(2-27,7(15,16)17)31-11(5,24)25/h26-27H,1-2H2. The predicted octanol–water partition coefficient (Wildman–Crippen LogP) is 2.94. The number of alkyl halides is 14. The van der Waals surface area contributed by atoms with E-state index < -0.39 is 67.0 Å². The van der Waals surface area contributed by atoms with Crippen molar-refractivity contribution < 1.29 is 90.6 Å². The SMILES string of the molecule is OCC1(C(F)(F)F)OC(F)(F)C2(C(F)(F)O1)C(F)(F)OC(CO)(C(F)(F)F)OC2(F)F. The lowest BCUT2D eigenvalue weighted by molar-refractivity contribution is -0.688. The largest absolute Gasteiger partial charge is 0.446 e. The van der Waals surface area contributed by atoms with E-state index in [1.807, 2.05) is 0 Å². The van der Waals surface area contributed by atoms with Crippen LogP contribution in [0, 0.1) is 5.41 Å². The molecule has 0 aromatic rings. The van der Waals surface area contributed by atoms with Crippen molar-refractivity contribution in [2.24, 2.45) is 5.41 Å². The smallest absolute Gasteiger partial charge is 0.390 e. The average molecular weight is 500 g/mol. The van der Waals surface area contributed by atoms with Crippen LogP contribution in [0.5, 0.6) is 0 Å². The van der Waals surface area contributed by atoms with Gasteiger partial charge in [-0.05, 0) is 0 Å². The number of aliphatic hydroxyl groups excluding tert-OH is 2. The molecule has 0 aromatic heterocycles. The molecular weight excluding hydrogens is 494 g/mol. The molecule has 0 unspecified atom stereocenters. The third-order valence-electron chi connectivity index (χ3n) is 4.20. The number of hydrogen-bond acceptors (Lipinski definition) is 6. The van der Waals surface area contributed by atoms with E-state index in [1.54, 1.807) is 0 Å². The van der Waals surface area contributed by atoms with E-state index in [2.05, 4.69) is 18.9 Å². The molecule has 2 aliphatic rings. The van der Waals surface area contributed by atoms with E-state index >= 15 is 0 Å². The van der Waals surface area contributed by atoms with Crippen LogP contribution in [0.15, 0.2) is 0 Å². The molecule has 0 saturated carbocycles. The fourth-order valence-electron chi connectivity index (χ4n) is 2.73. The maximum atomic E-state index is 14.2. The molecule has 2 N–H and O–H groups in total. The summed E-state index contributed by atoms with van der Waals surface area (Å²) < 4.78 is 201. The first-order valence-corrected chi connectivity index (χ1v) is 7.12. The van der Waals surface area contributed by atoms with Gasteiger partial charge in [-0.15, -0.1) is 0 Å². The van der Waals surface area contributed by atoms with Crippen LogP contribution >= 0.6 is 0 Å². The zero-order chi connectivity index (χ0) is 24.7. The number of aliphatic hydroxyl groups is 2. The van der Waals surface area contributed by atoms with Gasteiger partial charge in [0.1, 0.15) is 13.2 Å². The van der Waals surface area contributed by atoms with Crippen LogP contribution in [0.2, 0.25) is 0 Å². The minimum atomic E-state index is -7.17. The summed E-state index contributed by atoms with van der Waals surface area (Å²) in [6.45, 7) is -6.06. The van der Waals surface area contributed by atoms with Crippen molar-refractivity contribution in [3.8, 4) is 0 Å². The second kappa shape index (κ2) is 6.43. The Hall–Kier alpha value is -1.22. The molecular formula is C11H6F14O6. The van der Waals surface area contributed by atoms with Crippen LogP contribution in [0.25, 0.3) is 0 Å². The second-order valence-electron chi connectivity index (χ2n) is 6.04. The van der Waals surface area contributed by atoms with Crippen LogP contribution in [0.3, 0.4) is 0 Å². The van der Waals surface area contributed by atoms with Gasteiger partial charge in [0.2, 0.25) is 0 Å². The summed E-state index contributed by atoms with van der Waals surface area (Å²) in [5.74, 6) is -11.2. The van der Waals surface area contributed by atoms with Crippen LogP contribution in [-0.4, -0.2) is 71.8 Å². The lowest BCUT2D eigenvalue weighted by Gasteiger charge is -2.59. The molecule has 6 nitrogen and oxygen atoms in total. The molecule has 2 rings (SSSR count). The van der Waals surface area contributed by atoms with E-state index in [0.717, 1.165) is 0 Å². The number of rotatable bonds is 2. The van der Waals surface area contributed by atoms with Crippen molar-refractivity contribution in [3.05, 3.63) is 0 Å². The zero-order valence-corrected chi connectivity index (χ0v) is 13.7. The molecule has 20 heteroatoms. The summed E-state index contributed by atoms with van der Waals surface area (Å²) in [6.07, 6.45) is -41.9. The van der Waals surface area contributed by atoms with Gasteiger partial charge in [0.15, 0.2) is 0 Å². The van der Waals surface area contributed by atoms with Gasteiger partial charge in [-0.3, -0.25) is 18.9 Å². The van der Waals surface area contributed by atoms with Crippen molar-refractivity contribution in [1.29, 1.82) is 0 Å². The Kier molecular flexibility index (Phi) is 5.40. The van der Waals surface area contributed by atoms with Crippen LogP contribution in [-0.2, 0) is 18.9 Å². The Labute approximate surface area is 159 Å². The van der Waals surface area contributed by atoms with Crippen molar-refractivity contribution in [2.45, 2.75) is 48.4 Å². The monoisotopic (exact) mass is 500 g/mol. The molecule has 0 aliphatic carbocycles. The topological polar surface area (TPSA) is 77.4 Å².